The van der Waals surface area contributed by atoms with Gasteiger partial charge in [-0.2, -0.15) is 0 Å². The van der Waals surface area contributed by atoms with Gasteiger partial charge in [0, 0.05) is 5.56 Å². The molecule has 0 fully saturated rings. The van der Waals surface area contributed by atoms with Crippen molar-refractivity contribution in [3.63, 3.8) is 0 Å². The van der Waals surface area contributed by atoms with Crippen LogP contribution in [0.2, 0.25) is 0 Å². The topological polar surface area (TPSA) is 33.4 Å². The first-order valence-corrected chi connectivity index (χ1v) is 6.51. The zero-order valence-corrected chi connectivity index (χ0v) is 11.3. The van der Waals surface area contributed by atoms with Crippen LogP contribution in [0.25, 0.3) is 0 Å². The molecule has 0 amide bonds. The molecule has 3 heteroatoms. The minimum absolute atomic E-state index is 0.586. The van der Waals surface area contributed by atoms with E-state index in [9.17, 15) is 5.11 Å². The van der Waals surface area contributed by atoms with Crippen LogP contribution in [0.4, 0.5) is 0 Å². The highest BCUT2D eigenvalue weighted by Gasteiger charge is 2.15. The summed E-state index contributed by atoms with van der Waals surface area (Å²) in [5.41, 5.74) is 2.94. The molecule has 2 nitrogen and oxygen atoms in total. The van der Waals surface area contributed by atoms with E-state index in [0.717, 1.165) is 24.0 Å². The number of hydrogen-bond acceptors (Lipinski definition) is 2. The Bertz CT molecular complexity index is 473. The van der Waals surface area contributed by atoms with Crippen molar-refractivity contribution in [2.75, 3.05) is 0 Å². The molecule has 90 valence electrons. The van der Waals surface area contributed by atoms with Gasteiger partial charge >= 0.3 is 0 Å². The first-order chi connectivity index (χ1) is 8.22. The van der Waals surface area contributed by atoms with E-state index in [1.165, 1.54) is 5.56 Å². The molecule has 1 heterocycles. The maximum absolute atomic E-state index is 10.2. The molecular formula is C14H15BrO2. The first kappa shape index (κ1) is 12.4. The van der Waals surface area contributed by atoms with E-state index >= 15 is 0 Å². The van der Waals surface area contributed by atoms with Gasteiger partial charge in [-0.1, -0.05) is 37.6 Å². The molecule has 0 radical (unpaired) electrons. The van der Waals surface area contributed by atoms with Crippen molar-refractivity contribution in [3.8, 4) is 0 Å². The Kier molecular flexibility index (Phi) is 4.02. The maximum atomic E-state index is 10.2. The van der Waals surface area contributed by atoms with Crippen molar-refractivity contribution in [1.29, 1.82) is 0 Å². The number of aliphatic hydroxyl groups excluding tert-OH is 1. The number of hydrogen-bond donors (Lipinski definition) is 1. The zero-order chi connectivity index (χ0) is 12.3. The SMILES string of the molecule is CCCc1ccc(C(O)c2ccoc2Br)cc1. The molecule has 0 saturated heterocycles. The summed E-state index contributed by atoms with van der Waals surface area (Å²) in [5.74, 6) is 0. The second kappa shape index (κ2) is 5.52. The molecule has 0 aliphatic carbocycles. The second-order valence-corrected chi connectivity index (χ2v) is 4.76. The van der Waals surface area contributed by atoms with Gasteiger partial charge in [-0.25, -0.2) is 0 Å². The predicted octanol–water partition coefficient (Wildman–Crippen LogP) is 4.08. The number of halogens is 1. The lowest BCUT2D eigenvalue weighted by molar-refractivity contribution is 0.218. The van der Waals surface area contributed by atoms with E-state index in [1.54, 1.807) is 12.3 Å². The average molecular weight is 295 g/mol. The summed E-state index contributed by atoms with van der Waals surface area (Å²) in [6, 6.07) is 9.84. The number of furan rings is 1. The standard InChI is InChI=1S/C14H15BrO2/c1-2-3-10-4-6-11(7-5-10)13(16)12-8-9-17-14(12)15/h4-9,13,16H,2-3H2,1H3. The second-order valence-electron chi connectivity index (χ2n) is 4.04. The molecule has 0 aliphatic heterocycles. The van der Waals surface area contributed by atoms with Crippen LogP contribution in [-0.2, 0) is 6.42 Å². The van der Waals surface area contributed by atoms with Crippen LogP contribution in [0.5, 0.6) is 0 Å². The quantitative estimate of drug-likeness (QED) is 0.922. The number of aliphatic hydroxyl groups is 1. The van der Waals surface area contributed by atoms with Gasteiger partial charge in [-0.3, -0.25) is 0 Å². The Morgan fingerprint density at radius 2 is 1.94 bits per heavy atom. The van der Waals surface area contributed by atoms with Crippen molar-refractivity contribution < 1.29 is 9.52 Å². The van der Waals surface area contributed by atoms with Crippen LogP contribution >= 0.6 is 15.9 Å². The molecule has 0 spiro atoms. The molecule has 0 aliphatic rings. The Morgan fingerprint density at radius 1 is 1.24 bits per heavy atom. The Hall–Kier alpha value is -1.06. The molecule has 2 aromatic rings. The van der Waals surface area contributed by atoms with E-state index in [2.05, 4.69) is 35.0 Å². The zero-order valence-electron chi connectivity index (χ0n) is 9.69. The van der Waals surface area contributed by atoms with Crippen molar-refractivity contribution >= 4 is 15.9 Å². The van der Waals surface area contributed by atoms with Crippen molar-refractivity contribution in [2.45, 2.75) is 25.9 Å². The minimum Gasteiger partial charge on any atom is -0.457 e. The maximum Gasteiger partial charge on any atom is 0.175 e. The molecule has 0 saturated carbocycles. The van der Waals surface area contributed by atoms with Crippen LogP contribution in [-0.4, -0.2) is 5.11 Å². The number of aryl methyl sites for hydroxylation is 1. The number of benzene rings is 1. The summed E-state index contributed by atoms with van der Waals surface area (Å²) in [6.45, 7) is 2.16. The summed E-state index contributed by atoms with van der Waals surface area (Å²) in [7, 11) is 0. The molecule has 1 atom stereocenters. The van der Waals surface area contributed by atoms with Gasteiger partial charge in [-0.15, -0.1) is 0 Å². The molecule has 1 N–H and O–H groups in total. The van der Waals surface area contributed by atoms with E-state index in [0.29, 0.717) is 4.67 Å². The van der Waals surface area contributed by atoms with E-state index in [1.807, 2.05) is 12.1 Å². The molecule has 1 aromatic heterocycles. The van der Waals surface area contributed by atoms with Gasteiger partial charge in [0.15, 0.2) is 4.67 Å². The highest BCUT2D eigenvalue weighted by atomic mass is 79.9. The summed E-state index contributed by atoms with van der Waals surface area (Å²) >= 11 is 3.28. The van der Waals surface area contributed by atoms with E-state index < -0.39 is 6.10 Å². The Balaban J connectivity index is 2.20. The molecule has 2 rings (SSSR count). The first-order valence-electron chi connectivity index (χ1n) is 5.72. The minimum atomic E-state index is -0.640. The smallest absolute Gasteiger partial charge is 0.175 e. The lowest BCUT2D eigenvalue weighted by atomic mass is 10.0. The fourth-order valence-corrected chi connectivity index (χ4v) is 2.29. The summed E-state index contributed by atoms with van der Waals surface area (Å²) < 4.78 is 5.71. The lowest BCUT2D eigenvalue weighted by Gasteiger charge is -2.10. The van der Waals surface area contributed by atoms with Gasteiger partial charge in [0.2, 0.25) is 0 Å². The normalized spacial score (nSPS) is 12.6. The van der Waals surface area contributed by atoms with Gasteiger partial charge < -0.3 is 9.52 Å². The van der Waals surface area contributed by atoms with Crippen LogP contribution in [0.1, 0.15) is 36.1 Å². The average Bonchev–Trinajstić information content (AvgIpc) is 2.76. The lowest BCUT2D eigenvalue weighted by Crippen LogP contribution is -1.99. The van der Waals surface area contributed by atoms with Crippen LogP contribution in [0, 0.1) is 0 Å². The van der Waals surface area contributed by atoms with Gasteiger partial charge in [0.05, 0.1) is 6.26 Å². The van der Waals surface area contributed by atoms with Gasteiger partial charge in [0.25, 0.3) is 0 Å². The van der Waals surface area contributed by atoms with Crippen LogP contribution in [0.15, 0.2) is 45.7 Å². The Morgan fingerprint density at radius 3 is 2.47 bits per heavy atom. The monoisotopic (exact) mass is 294 g/mol. The van der Waals surface area contributed by atoms with Crippen LogP contribution in [0.3, 0.4) is 0 Å². The highest BCUT2D eigenvalue weighted by molar-refractivity contribution is 9.10. The molecule has 1 unspecified atom stereocenters. The summed E-state index contributed by atoms with van der Waals surface area (Å²) in [4.78, 5) is 0. The number of rotatable bonds is 4. The Labute approximate surface area is 109 Å². The van der Waals surface area contributed by atoms with Crippen molar-refractivity contribution in [1.82, 2.24) is 0 Å². The third-order valence-corrected chi connectivity index (χ3v) is 3.42. The molecule has 17 heavy (non-hydrogen) atoms. The van der Waals surface area contributed by atoms with Crippen molar-refractivity contribution in [2.24, 2.45) is 0 Å². The summed E-state index contributed by atoms with van der Waals surface area (Å²) in [6.07, 6.45) is 3.13. The van der Waals surface area contributed by atoms with Crippen LogP contribution < -0.4 is 0 Å². The largest absolute Gasteiger partial charge is 0.457 e. The fraction of sp³-hybridized carbons (Fsp3) is 0.286. The van der Waals surface area contributed by atoms with E-state index in [4.69, 9.17) is 4.42 Å². The molecule has 0 bridgehead atoms. The molecule has 1 aromatic carbocycles. The fourth-order valence-electron chi connectivity index (χ4n) is 1.83. The van der Waals surface area contributed by atoms with Gasteiger partial charge in [0.1, 0.15) is 6.10 Å². The third kappa shape index (κ3) is 2.79. The summed E-state index contributed by atoms with van der Waals surface area (Å²) in [5, 5.41) is 10.2. The third-order valence-electron chi connectivity index (χ3n) is 2.77. The van der Waals surface area contributed by atoms with E-state index in [-0.39, 0.29) is 0 Å². The van der Waals surface area contributed by atoms with Gasteiger partial charge in [-0.05, 0) is 39.5 Å². The molecular weight excluding hydrogens is 280 g/mol. The highest BCUT2D eigenvalue weighted by Crippen LogP contribution is 2.29. The predicted molar refractivity (Wildman–Crippen MR) is 70.9 cm³/mol. The van der Waals surface area contributed by atoms with Crippen molar-refractivity contribution in [3.05, 3.63) is 58.0 Å².